The van der Waals surface area contributed by atoms with Crippen LogP contribution in [-0.4, -0.2) is 32.8 Å². The van der Waals surface area contributed by atoms with Gasteiger partial charge in [0.2, 0.25) is 0 Å². The second-order valence-electron chi connectivity index (χ2n) is 9.55. The van der Waals surface area contributed by atoms with Crippen LogP contribution in [0, 0.1) is 0 Å². The van der Waals surface area contributed by atoms with E-state index in [2.05, 4.69) is 12.1 Å². The smallest absolute Gasteiger partial charge is 0.361 e. The van der Waals surface area contributed by atoms with E-state index < -0.39 is 5.63 Å². The zero-order valence-electron chi connectivity index (χ0n) is 22.4. The number of hydrogen-bond donors (Lipinski definition) is 0. The Morgan fingerprint density at radius 1 is 0.625 bits per heavy atom. The predicted octanol–water partition coefficient (Wildman–Crippen LogP) is 7.21. The summed E-state index contributed by atoms with van der Waals surface area (Å²) in [4.78, 5) is 13.7. The van der Waals surface area contributed by atoms with Gasteiger partial charge in [-0.1, -0.05) is 36.4 Å². The van der Waals surface area contributed by atoms with Crippen LogP contribution < -0.4 is 24.6 Å². The van der Waals surface area contributed by atoms with Crippen LogP contribution in [0.4, 0.5) is 0 Å². The fourth-order valence-corrected chi connectivity index (χ4v) is 5.85. The summed E-state index contributed by atoms with van der Waals surface area (Å²) in [6.07, 6.45) is 1.91. The van der Waals surface area contributed by atoms with Gasteiger partial charge in [-0.2, -0.15) is 0 Å². The van der Waals surface area contributed by atoms with Gasteiger partial charge < -0.3 is 27.8 Å². The zero-order chi connectivity index (χ0) is 27.5. The summed E-state index contributed by atoms with van der Waals surface area (Å²) in [5.41, 5.74) is 3.15. The maximum Gasteiger partial charge on any atom is 0.361 e. The van der Waals surface area contributed by atoms with Crippen LogP contribution in [0.1, 0.15) is 0 Å². The molecule has 3 heterocycles. The van der Waals surface area contributed by atoms with Crippen LogP contribution in [-0.2, 0) is 0 Å². The molecular formula is C33H25NO6. The van der Waals surface area contributed by atoms with Gasteiger partial charge in [-0.3, -0.25) is 0 Å². The van der Waals surface area contributed by atoms with Crippen molar-refractivity contribution in [2.24, 2.45) is 0 Å². The lowest BCUT2D eigenvalue weighted by atomic mass is 9.96. The highest BCUT2D eigenvalue weighted by atomic mass is 16.5. The SMILES string of the molecule is COc1ccc(-c2c3c4c(ccc5ccccc54)oc(=O)c3n3ccc4cc(OC)c(OC)cc4c23)cc1OC. The monoisotopic (exact) mass is 531 g/mol. The van der Waals surface area contributed by atoms with Crippen molar-refractivity contribution in [2.75, 3.05) is 28.4 Å². The lowest BCUT2D eigenvalue weighted by molar-refractivity contribution is 0.355. The fourth-order valence-electron chi connectivity index (χ4n) is 5.85. The van der Waals surface area contributed by atoms with Gasteiger partial charge in [0, 0.05) is 27.9 Å². The minimum atomic E-state index is -0.417. The Morgan fingerprint density at radius 3 is 2.12 bits per heavy atom. The third kappa shape index (κ3) is 3.27. The van der Waals surface area contributed by atoms with Gasteiger partial charge in [0.15, 0.2) is 23.0 Å². The summed E-state index contributed by atoms with van der Waals surface area (Å²) in [5.74, 6) is 2.42. The second kappa shape index (κ2) is 8.95. The predicted molar refractivity (Wildman–Crippen MR) is 158 cm³/mol. The molecule has 3 aromatic heterocycles. The van der Waals surface area contributed by atoms with Gasteiger partial charge in [-0.15, -0.1) is 0 Å². The molecule has 7 aromatic rings. The van der Waals surface area contributed by atoms with Gasteiger partial charge in [0.25, 0.3) is 0 Å². The van der Waals surface area contributed by atoms with Gasteiger partial charge in [-0.25, -0.2) is 4.79 Å². The Hall–Kier alpha value is -5.17. The highest BCUT2D eigenvalue weighted by Gasteiger charge is 2.24. The van der Waals surface area contributed by atoms with Gasteiger partial charge in [0.05, 0.1) is 34.0 Å². The molecule has 0 spiro atoms. The molecule has 198 valence electrons. The van der Waals surface area contributed by atoms with Crippen LogP contribution in [0.25, 0.3) is 60.1 Å². The average Bonchev–Trinajstić information content (AvgIpc) is 3.36. The molecule has 0 aliphatic rings. The van der Waals surface area contributed by atoms with Crippen molar-refractivity contribution in [3.05, 3.63) is 89.4 Å². The zero-order valence-corrected chi connectivity index (χ0v) is 22.4. The molecule has 0 saturated heterocycles. The first kappa shape index (κ1) is 23.9. The Labute approximate surface area is 228 Å². The van der Waals surface area contributed by atoms with E-state index in [1.807, 2.05) is 71.3 Å². The Morgan fingerprint density at radius 2 is 1.35 bits per heavy atom. The Balaban J connectivity index is 1.80. The third-order valence-corrected chi connectivity index (χ3v) is 7.63. The number of rotatable bonds is 5. The normalized spacial score (nSPS) is 11.6. The number of methoxy groups -OCH3 is 4. The standard InChI is InChI=1S/C33H25NO6/c1-36-23-11-10-20(16-25(23)37-2)28-30-29-21-8-6-5-7-18(21)9-12-24(29)40-33(35)32(30)34-14-13-19-15-26(38-3)27(39-4)17-22(19)31(28)34/h5-17H,1-4H3. The fraction of sp³-hybridized carbons (Fsp3) is 0.121. The molecule has 7 rings (SSSR count). The maximum atomic E-state index is 13.7. The van der Waals surface area contributed by atoms with Crippen molar-refractivity contribution < 1.29 is 23.4 Å². The molecular weight excluding hydrogens is 506 g/mol. The minimum absolute atomic E-state index is 0.417. The summed E-state index contributed by atoms with van der Waals surface area (Å²) in [5, 5.41) is 5.55. The molecule has 0 aliphatic heterocycles. The van der Waals surface area contributed by atoms with Crippen molar-refractivity contribution in [2.45, 2.75) is 0 Å². The third-order valence-electron chi connectivity index (χ3n) is 7.63. The first-order valence-corrected chi connectivity index (χ1v) is 12.8. The molecule has 0 atom stereocenters. The summed E-state index contributed by atoms with van der Waals surface area (Å²) in [6, 6.07) is 23.6. The van der Waals surface area contributed by atoms with Gasteiger partial charge >= 0.3 is 5.63 Å². The molecule has 0 fully saturated rings. The van der Waals surface area contributed by atoms with E-state index >= 15 is 0 Å². The van der Waals surface area contributed by atoms with E-state index in [1.54, 1.807) is 28.4 Å². The highest BCUT2D eigenvalue weighted by molar-refractivity contribution is 6.27. The summed E-state index contributed by atoms with van der Waals surface area (Å²) >= 11 is 0. The molecule has 0 aliphatic carbocycles. The number of hydrogen-bond acceptors (Lipinski definition) is 6. The van der Waals surface area contributed by atoms with E-state index in [1.165, 1.54) is 0 Å². The Bertz CT molecular complexity index is 2190. The number of aromatic nitrogens is 1. The molecule has 0 radical (unpaired) electrons. The molecule has 0 N–H and O–H groups in total. The summed E-state index contributed by atoms with van der Waals surface area (Å²) in [6.45, 7) is 0. The van der Waals surface area contributed by atoms with Crippen LogP contribution in [0.2, 0.25) is 0 Å². The number of pyridine rings is 1. The van der Waals surface area contributed by atoms with E-state index in [0.717, 1.165) is 49.0 Å². The lowest BCUT2D eigenvalue weighted by Crippen LogP contribution is -2.02. The first-order chi connectivity index (χ1) is 19.6. The van der Waals surface area contributed by atoms with Crippen molar-refractivity contribution in [3.63, 3.8) is 0 Å². The molecule has 7 heteroatoms. The van der Waals surface area contributed by atoms with E-state index in [-0.39, 0.29) is 0 Å². The molecule has 40 heavy (non-hydrogen) atoms. The molecule has 4 aromatic carbocycles. The lowest BCUT2D eigenvalue weighted by Gasteiger charge is -2.13. The quantitative estimate of drug-likeness (QED) is 0.173. The average molecular weight is 532 g/mol. The van der Waals surface area contributed by atoms with Crippen molar-refractivity contribution in [1.29, 1.82) is 0 Å². The molecule has 0 bridgehead atoms. The van der Waals surface area contributed by atoms with Gasteiger partial charge in [-0.05, 0) is 58.1 Å². The molecule has 0 saturated carbocycles. The van der Waals surface area contributed by atoms with Crippen molar-refractivity contribution in [1.82, 2.24) is 4.40 Å². The minimum Gasteiger partial charge on any atom is -0.493 e. The van der Waals surface area contributed by atoms with E-state index in [9.17, 15) is 4.79 Å². The molecule has 0 amide bonds. The molecule has 7 nitrogen and oxygen atoms in total. The van der Waals surface area contributed by atoms with Crippen LogP contribution in [0.5, 0.6) is 23.0 Å². The number of benzene rings is 4. The number of fused-ring (bicyclic) bond motifs is 9. The maximum absolute atomic E-state index is 13.7. The number of nitrogens with zero attached hydrogens (tertiary/aromatic N) is 1. The first-order valence-electron chi connectivity index (χ1n) is 12.8. The Kier molecular flexibility index (Phi) is 5.35. The van der Waals surface area contributed by atoms with Crippen LogP contribution in [0.3, 0.4) is 0 Å². The van der Waals surface area contributed by atoms with Crippen LogP contribution >= 0.6 is 0 Å². The largest absolute Gasteiger partial charge is 0.493 e. The molecule has 0 unspecified atom stereocenters. The van der Waals surface area contributed by atoms with Crippen LogP contribution in [0.15, 0.2) is 88.2 Å². The van der Waals surface area contributed by atoms with E-state index in [4.69, 9.17) is 23.4 Å². The van der Waals surface area contributed by atoms with Crippen molar-refractivity contribution in [3.8, 4) is 34.1 Å². The van der Waals surface area contributed by atoms with Gasteiger partial charge in [0.1, 0.15) is 11.1 Å². The second-order valence-corrected chi connectivity index (χ2v) is 9.55. The van der Waals surface area contributed by atoms with E-state index in [0.29, 0.717) is 34.1 Å². The highest BCUT2D eigenvalue weighted by Crippen LogP contribution is 2.46. The van der Waals surface area contributed by atoms with Crippen molar-refractivity contribution >= 4 is 48.9 Å². The summed E-state index contributed by atoms with van der Waals surface area (Å²) in [7, 11) is 6.45. The summed E-state index contributed by atoms with van der Waals surface area (Å²) < 4.78 is 30.3. The topological polar surface area (TPSA) is 71.5 Å². The number of ether oxygens (including phenoxy) is 4.